The Kier molecular flexibility index (Phi) is 6.37. The van der Waals surface area contributed by atoms with Crippen LogP contribution in [0.2, 0.25) is 0 Å². The maximum absolute atomic E-state index is 13.5. The van der Waals surface area contributed by atoms with E-state index in [-0.39, 0.29) is 50.8 Å². The van der Waals surface area contributed by atoms with E-state index >= 15 is 0 Å². The third kappa shape index (κ3) is 5.04. The van der Waals surface area contributed by atoms with E-state index in [0.29, 0.717) is 42.0 Å². The van der Waals surface area contributed by atoms with Crippen LogP contribution in [0, 0.1) is 0 Å². The van der Waals surface area contributed by atoms with Crippen LogP contribution in [0.3, 0.4) is 0 Å². The fourth-order valence-electron chi connectivity index (χ4n) is 4.55. The molecule has 1 N–H and O–H groups in total. The van der Waals surface area contributed by atoms with E-state index in [1.165, 1.54) is 14.3 Å². The van der Waals surface area contributed by atoms with E-state index in [9.17, 15) is 22.8 Å². The number of hydrogen-bond donors (Lipinski definition) is 1. The van der Waals surface area contributed by atoms with Crippen LogP contribution in [0.25, 0.3) is 0 Å². The van der Waals surface area contributed by atoms with Crippen LogP contribution in [0.5, 0.6) is 5.75 Å². The molecule has 1 aliphatic heterocycles. The number of benzene rings is 1. The van der Waals surface area contributed by atoms with Crippen molar-refractivity contribution in [1.29, 1.82) is 0 Å². The Morgan fingerprint density at radius 1 is 1.14 bits per heavy atom. The van der Waals surface area contributed by atoms with Crippen LogP contribution in [-0.4, -0.2) is 54.6 Å². The molecule has 13 heteroatoms. The standard InChI is InChI=1S/C23H24F3N7O3/c24-23(25,26)22-17-5-3-6-18(17)33(29-22)14-21(35)31-10-15-4-1-2-7-19(15)36-9-8-27-20(34)13-32-12-16(11-31)28-30-32/h1-2,4,7,12H,3,5-6,8-11,13-14H2,(H,27,34). The molecule has 0 spiro atoms. The average Bonchev–Trinajstić information content (AvgIpc) is 3.54. The quantitative estimate of drug-likeness (QED) is 0.571. The van der Waals surface area contributed by atoms with Crippen molar-refractivity contribution in [2.75, 3.05) is 13.2 Å². The molecule has 0 saturated carbocycles. The van der Waals surface area contributed by atoms with Crippen LogP contribution >= 0.6 is 0 Å². The van der Waals surface area contributed by atoms with Gasteiger partial charge in [-0.05, 0) is 25.3 Å². The molecule has 0 unspecified atom stereocenters. The molecule has 36 heavy (non-hydrogen) atoms. The lowest BCUT2D eigenvalue weighted by Crippen LogP contribution is -2.34. The number of carbonyl (C=O) groups is 2. The van der Waals surface area contributed by atoms with Gasteiger partial charge in [0.15, 0.2) is 5.69 Å². The summed E-state index contributed by atoms with van der Waals surface area (Å²) in [6.07, 6.45) is -1.67. The van der Waals surface area contributed by atoms with Crippen molar-refractivity contribution in [3.05, 3.63) is 58.7 Å². The summed E-state index contributed by atoms with van der Waals surface area (Å²) in [5.74, 6) is -0.138. The normalized spacial score (nSPS) is 16.5. The molecule has 1 aromatic carbocycles. The zero-order chi connectivity index (χ0) is 25.3. The summed E-state index contributed by atoms with van der Waals surface area (Å²) in [5, 5.41) is 14.5. The molecule has 0 saturated heterocycles. The van der Waals surface area contributed by atoms with Crippen LogP contribution in [-0.2, 0) is 54.8 Å². The number of ether oxygens (including phenoxy) is 1. The summed E-state index contributed by atoms with van der Waals surface area (Å²) in [6, 6.07) is 7.17. The number of amides is 2. The van der Waals surface area contributed by atoms with Gasteiger partial charge in [0.05, 0.1) is 19.3 Å². The second-order valence-electron chi connectivity index (χ2n) is 8.75. The van der Waals surface area contributed by atoms with Gasteiger partial charge in [-0.1, -0.05) is 23.4 Å². The van der Waals surface area contributed by atoms with Crippen molar-refractivity contribution >= 4 is 11.8 Å². The summed E-state index contributed by atoms with van der Waals surface area (Å²) in [6.45, 7) is 0.311. The molecule has 2 amide bonds. The SMILES string of the molecule is O=C1Cn2cc(nn2)CN(C(=O)Cn2nc(C(F)(F)F)c3c2CCC3)Cc2ccccc2OCCN1. The minimum absolute atomic E-state index is 0.0445. The Morgan fingerprint density at radius 2 is 1.97 bits per heavy atom. The smallest absolute Gasteiger partial charge is 0.435 e. The number of halogens is 3. The Morgan fingerprint density at radius 3 is 2.81 bits per heavy atom. The van der Waals surface area contributed by atoms with Gasteiger partial charge in [0.2, 0.25) is 11.8 Å². The van der Waals surface area contributed by atoms with Gasteiger partial charge < -0.3 is 15.0 Å². The molecule has 3 heterocycles. The molecule has 2 bridgehead atoms. The van der Waals surface area contributed by atoms with Crippen molar-refractivity contribution < 1.29 is 27.5 Å². The van der Waals surface area contributed by atoms with Gasteiger partial charge in [-0.2, -0.15) is 18.3 Å². The molecule has 2 aliphatic rings. The highest BCUT2D eigenvalue weighted by Gasteiger charge is 2.40. The Hall–Kier alpha value is -3.90. The number of aromatic nitrogens is 5. The summed E-state index contributed by atoms with van der Waals surface area (Å²) in [5.41, 5.74) is 0.870. The molecule has 0 radical (unpaired) electrons. The number of fused-ring (bicyclic) bond motifs is 4. The maximum Gasteiger partial charge on any atom is 0.435 e. The van der Waals surface area contributed by atoms with Crippen LogP contribution in [0.4, 0.5) is 13.2 Å². The van der Waals surface area contributed by atoms with Crippen molar-refractivity contribution in [2.24, 2.45) is 0 Å². The lowest BCUT2D eigenvalue weighted by atomic mass is 10.1. The number of rotatable bonds is 2. The van der Waals surface area contributed by atoms with Crippen molar-refractivity contribution in [1.82, 2.24) is 35.0 Å². The van der Waals surface area contributed by atoms with Crippen LogP contribution in [0.1, 0.15) is 34.6 Å². The fourth-order valence-corrected chi connectivity index (χ4v) is 4.55. The predicted octanol–water partition coefficient (Wildman–Crippen LogP) is 1.72. The first-order valence-electron chi connectivity index (χ1n) is 11.6. The van der Waals surface area contributed by atoms with Gasteiger partial charge in [0.1, 0.15) is 31.1 Å². The van der Waals surface area contributed by atoms with Gasteiger partial charge in [0.25, 0.3) is 0 Å². The van der Waals surface area contributed by atoms with Gasteiger partial charge in [-0.25, -0.2) is 4.68 Å². The second kappa shape index (κ2) is 9.63. The highest BCUT2D eigenvalue weighted by atomic mass is 19.4. The molecular formula is C23H24F3N7O3. The summed E-state index contributed by atoms with van der Waals surface area (Å²) >= 11 is 0. The van der Waals surface area contributed by atoms with Gasteiger partial charge >= 0.3 is 6.18 Å². The third-order valence-electron chi connectivity index (χ3n) is 6.17. The summed E-state index contributed by atoms with van der Waals surface area (Å²) in [7, 11) is 0. The van der Waals surface area contributed by atoms with E-state index < -0.39 is 17.8 Å². The fraction of sp³-hybridized carbons (Fsp3) is 0.435. The lowest BCUT2D eigenvalue weighted by molar-refractivity contribution is -0.142. The number of carbonyl (C=O) groups excluding carboxylic acids is 2. The molecule has 5 rings (SSSR count). The van der Waals surface area contributed by atoms with E-state index in [1.54, 1.807) is 18.3 Å². The molecule has 0 atom stereocenters. The average molecular weight is 503 g/mol. The van der Waals surface area contributed by atoms with E-state index in [2.05, 4.69) is 20.7 Å². The molecule has 1 aliphatic carbocycles. The molecular weight excluding hydrogens is 479 g/mol. The third-order valence-corrected chi connectivity index (χ3v) is 6.17. The number of nitrogens with zero attached hydrogens (tertiary/aromatic N) is 6. The van der Waals surface area contributed by atoms with Gasteiger partial charge in [0, 0.05) is 23.4 Å². The van der Waals surface area contributed by atoms with E-state index in [4.69, 9.17) is 4.74 Å². The van der Waals surface area contributed by atoms with E-state index in [1.807, 2.05) is 12.1 Å². The number of hydrogen-bond acceptors (Lipinski definition) is 6. The monoisotopic (exact) mass is 503 g/mol. The van der Waals surface area contributed by atoms with Crippen LogP contribution in [0.15, 0.2) is 30.5 Å². The highest BCUT2D eigenvalue weighted by Crippen LogP contribution is 2.36. The second-order valence-corrected chi connectivity index (χ2v) is 8.75. The van der Waals surface area contributed by atoms with Crippen molar-refractivity contribution in [2.45, 2.75) is 51.6 Å². The summed E-state index contributed by atoms with van der Waals surface area (Å²) < 4.78 is 48.9. The Balaban J connectivity index is 1.45. The van der Waals surface area contributed by atoms with Crippen LogP contribution < -0.4 is 10.1 Å². The van der Waals surface area contributed by atoms with E-state index in [0.717, 1.165) is 0 Å². The highest BCUT2D eigenvalue weighted by molar-refractivity contribution is 5.76. The molecule has 190 valence electrons. The first kappa shape index (κ1) is 23.8. The summed E-state index contributed by atoms with van der Waals surface area (Å²) in [4.78, 5) is 27.1. The van der Waals surface area contributed by atoms with Crippen molar-refractivity contribution in [3.8, 4) is 5.75 Å². The zero-order valence-electron chi connectivity index (χ0n) is 19.3. The van der Waals surface area contributed by atoms with Gasteiger partial charge in [-0.15, -0.1) is 5.10 Å². The first-order valence-corrected chi connectivity index (χ1v) is 11.6. The topological polar surface area (TPSA) is 107 Å². The zero-order valence-corrected chi connectivity index (χ0v) is 19.3. The Labute approximate surface area is 204 Å². The number of alkyl halides is 3. The number of nitrogens with one attached hydrogen (secondary N) is 1. The first-order chi connectivity index (χ1) is 17.3. The minimum atomic E-state index is -4.57. The molecule has 0 fully saturated rings. The lowest BCUT2D eigenvalue weighted by Gasteiger charge is -2.24. The van der Waals surface area contributed by atoms with Gasteiger partial charge in [-0.3, -0.25) is 14.3 Å². The Bertz CT molecular complexity index is 1280. The minimum Gasteiger partial charge on any atom is -0.491 e. The predicted molar refractivity (Wildman–Crippen MR) is 118 cm³/mol. The molecule has 3 aromatic rings. The maximum atomic E-state index is 13.5. The molecule has 10 nitrogen and oxygen atoms in total. The van der Waals surface area contributed by atoms with Crippen molar-refractivity contribution in [3.63, 3.8) is 0 Å². The molecule has 2 aromatic heterocycles. The largest absolute Gasteiger partial charge is 0.491 e. The number of para-hydroxylation sites is 1.